The summed E-state index contributed by atoms with van der Waals surface area (Å²) in [6, 6.07) is 5.83. The van der Waals surface area contributed by atoms with Crippen LogP contribution in [0.5, 0.6) is 0 Å². The Bertz CT molecular complexity index is 828. The molecular formula is C19H23N3O3. The molecule has 132 valence electrons. The number of rotatable bonds is 2. The molecule has 2 fully saturated rings. The zero-order valence-corrected chi connectivity index (χ0v) is 14.5. The van der Waals surface area contributed by atoms with E-state index < -0.39 is 6.09 Å². The number of carboxylic acid groups (broad SMARTS) is 1. The van der Waals surface area contributed by atoms with Gasteiger partial charge in [0.2, 0.25) is 0 Å². The number of hydrogen-bond acceptors (Lipinski definition) is 2. The number of amides is 2. The maximum Gasteiger partial charge on any atom is 0.407 e. The van der Waals surface area contributed by atoms with E-state index in [-0.39, 0.29) is 17.7 Å². The van der Waals surface area contributed by atoms with Crippen molar-refractivity contribution in [3.63, 3.8) is 0 Å². The maximum atomic E-state index is 12.9. The van der Waals surface area contributed by atoms with Crippen LogP contribution in [0.15, 0.2) is 24.4 Å². The molecule has 2 aromatic rings. The highest BCUT2D eigenvalue weighted by molar-refractivity contribution is 5.99. The Balaban J connectivity index is 1.53. The van der Waals surface area contributed by atoms with Crippen LogP contribution in [0.2, 0.25) is 0 Å². The zero-order chi connectivity index (χ0) is 17.7. The minimum Gasteiger partial charge on any atom is -0.465 e. The number of nitrogens with zero attached hydrogens (tertiary/aromatic N) is 2. The van der Waals surface area contributed by atoms with Gasteiger partial charge in [-0.1, -0.05) is 13.8 Å². The molecule has 1 aromatic heterocycles. The highest BCUT2D eigenvalue weighted by Gasteiger charge is 2.43. The molecule has 0 aliphatic carbocycles. The number of aromatic amines is 1. The number of likely N-dealkylation sites (tertiary alicyclic amines) is 2. The molecule has 2 aliphatic heterocycles. The lowest BCUT2D eigenvalue weighted by Gasteiger charge is -2.20. The summed E-state index contributed by atoms with van der Waals surface area (Å²) >= 11 is 0. The fourth-order valence-electron chi connectivity index (χ4n) is 4.25. The Morgan fingerprint density at radius 3 is 2.36 bits per heavy atom. The fraction of sp³-hybridized carbons (Fsp3) is 0.474. The molecule has 0 spiro atoms. The van der Waals surface area contributed by atoms with Gasteiger partial charge in [-0.05, 0) is 29.7 Å². The Hall–Kier alpha value is -2.50. The molecule has 1 aromatic carbocycles. The summed E-state index contributed by atoms with van der Waals surface area (Å²) in [6.07, 6.45) is 1.16. The van der Waals surface area contributed by atoms with E-state index in [9.17, 15) is 9.59 Å². The quantitative estimate of drug-likeness (QED) is 0.882. The van der Waals surface area contributed by atoms with Crippen LogP contribution in [0, 0.1) is 11.8 Å². The van der Waals surface area contributed by atoms with Crippen molar-refractivity contribution in [3.05, 3.63) is 35.5 Å². The van der Waals surface area contributed by atoms with Crippen LogP contribution in [0.25, 0.3) is 10.9 Å². The fourth-order valence-corrected chi connectivity index (χ4v) is 4.25. The summed E-state index contributed by atoms with van der Waals surface area (Å²) in [6.45, 7) is 6.67. The zero-order valence-electron chi connectivity index (χ0n) is 14.5. The predicted molar refractivity (Wildman–Crippen MR) is 94.9 cm³/mol. The average Bonchev–Trinajstić information content (AvgIpc) is 3.25. The van der Waals surface area contributed by atoms with Gasteiger partial charge >= 0.3 is 6.09 Å². The molecule has 25 heavy (non-hydrogen) atoms. The molecule has 2 aliphatic rings. The third-order valence-electron chi connectivity index (χ3n) is 5.63. The third-order valence-corrected chi connectivity index (χ3v) is 5.63. The Morgan fingerprint density at radius 1 is 1.12 bits per heavy atom. The first-order chi connectivity index (χ1) is 11.9. The summed E-state index contributed by atoms with van der Waals surface area (Å²) in [5.74, 6) is 0.978. The van der Waals surface area contributed by atoms with Crippen LogP contribution in [-0.2, 0) is 0 Å². The van der Waals surface area contributed by atoms with Gasteiger partial charge in [0.25, 0.3) is 5.91 Å². The second-order valence-corrected chi connectivity index (χ2v) is 7.58. The van der Waals surface area contributed by atoms with Gasteiger partial charge in [0.05, 0.1) is 0 Å². The monoisotopic (exact) mass is 341 g/mol. The van der Waals surface area contributed by atoms with Gasteiger partial charge in [-0.15, -0.1) is 0 Å². The normalized spacial score (nSPS) is 22.8. The van der Waals surface area contributed by atoms with Crippen molar-refractivity contribution in [3.8, 4) is 0 Å². The van der Waals surface area contributed by atoms with Crippen molar-refractivity contribution in [1.29, 1.82) is 0 Å². The molecule has 2 atom stereocenters. The Kier molecular flexibility index (Phi) is 3.71. The van der Waals surface area contributed by atoms with E-state index in [0.717, 1.165) is 10.9 Å². The van der Waals surface area contributed by atoms with Gasteiger partial charge in [-0.3, -0.25) is 4.79 Å². The first-order valence-corrected chi connectivity index (χ1v) is 8.82. The van der Waals surface area contributed by atoms with Crippen LogP contribution in [0.4, 0.5) is 4.79 Å². The van der Waals surface area contributed by atoms with Gasteiger partial charge in [0.15, 0.2) is 0 Å². The number of fused-ring (bicyclic) bond motifs is 2. The van der Waals surface area contributed by atoms with Gasteiger partial charge < -0.3 is 19.9 Å². The van der Waals surface area contributed by atoms with Crippen molar-refractivity contribution >= 4 is 22.9 Å². The van der Waals surface area contributed by atoms with Crippen LogP contribution < -0.4 is 0 Å². The summed E-state index contributed by atoms with van der Waals surface area (Å²) in [7, 11) is 0. The third kappa shape index (κ3) is 2.65. The van der Waals surface area contributed by atoms with Crippen LogP contribution in [0.1, 0.15) is 35.7 Å². The van der Waals surface area contributed by atoms with Crippen LogP contribution >= 0.6 is 0 Å². The second-order valence-electron chi connectivity index (χ2n) is 7.58. The summed E-state index contributed by atoms with van der Waals surface area (Å²) < 4.78 is 0. The maximum absolute atomic E-state index is 12.9. The molecule has 6 nitrogen and oxygen atoms in total. The molecule has 2 amide bonds. The minimum absolute atomic E-state index is 0.0501. The van der Waals surface area contributed by atoms with Gasteiger partial charge in [0.1, 0.15) is 0 Å². The standard InChI is InChI=1S/C19H23N3O3/c1-11(2)16-6-20-17-4-3-12(5-15(16)17)18(23)21-7-13-9-22(19(24)25)10-14(13)8-21/h3-6,11,13-14,20H,7-10H2,1-2H3,(H,24,25). The topological polar surface area (TPSA) is 76.6 Å². The van der Waals surface area contributed by atoms with E-state index in [0.29, 0.717) is 37.7 Å². The summed E-state index contributed by atoms with van der Waals surface area (Å²) in [5, 5.41) is 10.2. The molecule has 0 radical (unpaired) electrons. The van der Waals surface area contributed by atoms with Crippen LogP contribution in [0.3, 0.4) is 0 Å². The largest absolute Gasteiger partial charge is 0.465 e. The molecule has 6 heteroatoms. The van der Waals surface area contributed by atoms with Crippen molar-refractivity contribution in [1.82, 2.24) is 14.8 Å². The number of hydrogen-bond donors (Lipinski definition) is 2. The van der Waals surface area contributed by atoms with Crippen LogP contribution in [-0.4, -0.2) is 58.1 Å². The van der Waals surface area contributed by atoms with E-state index in [1.807, 2.05) is 29.3 Å². The van der Waals surface area contributed by atoms with E-state index in [4.69, 9.17) is 5.11 Å². The number of nitrogens with one attached hydrogen (secondary N) is 1. The number of H-pyrrole nitrogens is 1. The molecule has 4 rings (SSSR count). The number of aromatic nitrogens is 1. The lowest BCUT2D eigenvalue weighted by atomic mass is 10.0. The molecule has 0 saturated carbocycles. The van der Waals surface area contributed by atoms with E-state index >= 15 is 0 Å². The van der Waals surface area contributed by atoms with Crippen molar-refractivity contribution in [2.75, 3.05) is 26.2 Å². The van der Waals surface area contributed by atoms with Crippen molar-refractivity contribution in [2.45, 2.75) is 19.8 Å². The minimum atomic E-state index is -0.855. The van der Waals surface area contributed by atoms with Gasteiger partial charge in [0, 0.05) is 60.7 Å². The second kappa shape index (κ2) is 5.79. The van der Waals surface area contributed by atoms with Crippen molar-refractivity contribution < 1.29 is 14.7 Å². The molecule has 2 N–H and O–H groups in total. The predicted octanol–water partition coefficient (Wildman–Crippen LogP) is 2.97. The molecule has 2 saturated heterocycles. The first kappa shape index (κ1) is 16.0. The summed E-state index contributed by atoms with van der Waals surface area (Å²) in [4.78, 5) is 30.6. The average molecular weight is 341 g/mol. The van der Waals surface area contributed by atoms with Crippen molar-refractivity contribution in [2.24, 2.45) is 11.8 Å². The lowest BCUT2D eigenvalue weighted by molar-refractivity contribution is 0.0774. The Morgan fingerprint density at radius 2 is 1.76 bits per heavy atom. The summed E-state index contributed by atoms with van der Waals surface area (Å²) in [5.41, 5.74) is 2.99. The lowest BCUT2D eigenvalue weighted by Crippen LogP contribution is -2.35. The van der Waals surface area contributed by atoms with Gasteiger partial charge in [-0.25, -0.2) is 4.79 Å². The smallest absolute Gasteiger partial charge is 0.407 e. The molecule has 0 bridgehead atoms. The highest BCUT2D eigenvalue weighted by Crippen LogP contribution is 2.32. The van der Waals surface area contributed by atoms with E-state index in [2.05, 4.69) is 18.8 Å². The highest BCUT2D eigenvalue weighted by atomic mass is 16.4. The Labute approximate surface area is 146 Å². The van der Waals surface area contributed by atoms with Gasteiger partial charge in [-0.2, -0.15) is 0 Å². The number of benzene rings is 1. The molecule has 3 heterocycles. The first-order valence-electron chi connectivity index (χ1n) is 8.82. The number of carbonyl (C=O) groups is 2. The van der Waals surface area contributed by atoms with E-state index in [1.165, 1.54) is 10.5 Å². The number of carbonyl (C=O) groups excluding carboxylic acids is 1. The molecular weight excluding hydrogens is 318 g/mol. The SMILES string of the molecule is CC(C)c1c[nH]c2ccc(C(=O)N3CC4CN(C(=O)O)CC4C3)cc12. The molecule has 2 unspecified atom stereocenters. The van der Waals surface area contributed by atoms with E-state index in [1.54, 1.807) is 0 Å².